The summed E-state index contributed by atoms with van der Waals surface area (Å²) < 4.78 is 23.5. The molecule has 1 unspecified atom stereocenters. The molecular weight excluding hydrogens is 1530 g/mol. The molecule has 10 amide bonds. The van der Waals surface area contributed by atoms with Gasteiger partial charge in [0.25, 0.3) is 11.8 Å². The molecule has 0 aliphatic carbocycles. The van der Waals surface area contributed by atoms with Gasteiger partial charge in [-0.2, -0.15) is 5.26 Å². The Kier molecular flexibility index (Phi) is 39.1. The fraction of sp³-hybridized carbons (Fsp3) is 0.528. The van der Waals surface area contributed by atoms with Crippen molar-refractivity contribution in [2.45, 2.75) is 94.8 Å². The van der Waals surface area contributed by atoms with E-state index in [9.17, 15) is 63.1 Å². The number of pyridine rings is 1. The molecule has 2 aliphatic heterocycles. The van der Waals surface area contributed by atoms with Gasteiger partial charge in [-0.05, 0) is 146 Å². The fourth-order valence-corrected chi connectivity index (χ4v) is 12.6. The third-order valence-electron chi connectivity index (χ3n) is 17.6. The van der Waals surface area contributed by atoms with Crippen molar-refractivity contribution in [2.75, 3.05) is 156 Å². The van der Waals surface area contributed by atoms with E-state index in [1.54, 1.807) is 18.2 Å². The molecule has 0 saturated carbocycles. The number of ether oxygens (including phenoxy) is 4. The van der Waals surface area contributed by atoms with Gasteiger partial charge in [-0.25, -0.2) is 4.79 Å². The largest absolute Gasteiger partial charge is 0.484 e. The predicted molar refractivity (Wildman–Crippen MR) is 411 cm³/mol. The van der Waals surface area contributed by atoms with E-state index in [0.717, 1.165) is 21.1 Å². The summed E-state index contributed by atoms with van der Waals surface area (Å²) in [6, 6.07) is 20.2. The van der Waals surface area contributed by atoms with Gasteiger partial charge in [-0.1, -0.05) is 24.3 Å². The highest BCUT2D eigenvalue weighted by Crippen LogP contribution is 2.24. The quantitative estimate of drug-likeness (QED) is 0.0141. The number of primary amides is 4. The zero-order valence-corrected chi connectivity index (χ0v) is 63.6. The van der Waals surface area contributed by atoms with E-state index >= 15 is 0 Å². The number of rotatable bonds is 45. The number of unbranched alkanes of at least 4 members (excludes halogenated alkanes) is 2. The first kappa shape index (κ1) is 87.6. The number of nitrogens with one attached hydrogen (secondary N) is 7. The highest BCUT2D eigenvalue weighted by Gasteiger charge is 2.31. The van der Waals surface area contributed by atoms with Gasteiger partial charge >= 0.3 is 5.97 Å². The zero-order valence-electron chi connectivity index (χ0n) is 60.7. The first-order valence-corrected chi connectivity index (χ1v) is 37.4. The average molecular weight is 1630 g/mol. The summed E-state index contributed by atoms with van der Waals surface area (Å²) in [4.78, 5) is 153. The number of carbonyl (C=O) groups excluding carboxylic acids is 10. The number of hydrogen-bond donors (Lipinski definition) is 12. The molecule has 0 bridgehead atoms. The van der Waals surface area contributed by atoms with Crippen LogP contribution in [-0.2, 0) is 75.0 Å². The standard InChI is InChI=1S/C72H101IN18O16S/c73-51-13-9-50(10-14-51)39-66(97)80-21-3-2-8-59(71(102)103)86-70(101)58(7-1-4-22-82-72(108)84-52-15-11-49(12-16-52)38-54-43-89(46-63(77)94)29-28-87(44-61(75)92)26-27-88(45-62(76)93)30-31-90(54)47-64(78)95)85-65(96)20-32-104-34-36-106-37-35-105-33-24-81-67(98)48-107-55-17-18-56-57(19-23-79-60(56)40-55)69(100)83-42-68(99)91-25-5-6-53(91)41-74/h9-19,23,40,53-54,58-59H,1-8,20-22,24-39,42-48H2,(H2,75,92)(H2,76,93)(H2,77,94)(H2,78,95)(H,80,97)(H,81,98)(H,83,100)(H,85,96)(H,86,101)(H,102,103)(H2,82,84,108)/t53-,54?,58+,59+/m1/s1. The van der Waals surface area contributed by atoms with E-state index in [0.29, 0.717) is 130 Å². The molecule has 4 aromatic rings. The number of fused-ring (bicyclic) bond motifs is 1. The summed E-state index contributed by atoms with van der Waals surface area (Å²) in [5.41, 5.74) is 25.8. The number of amides is 10. The molecule has 16 N–H and O–H groups in total. The van der Waals surface area contributed by atoms with Crippen molar-refractivity contribution in [3.63, 3.8) is 0 Å². The maximum atomic E-state index is 13.9. The molecule has 0 radical (unpaired) electrons. The van der Waals surface area contributed by atoms with Crippen LogP contribution in [0.4, 0.5) is 5.69 Å². The summed E-state index contributed by atoms with van der Waals surface area (Å²) in [5, 5.41) is 40.2. The molecule has 2 aliphatic rings. The van der Waals surface area contributed by atoms with Crippen LogP contribution in [0.1, 0.15) is 79.3 Å². The Morgan fingerprint density at radius 1 is 0.630 bits per heavy atom. The van der Waals surface area contributed by atoms with Crippen LogP contribution in [0.3, 0.4) is 0 Å². The number of nitrogens with two attached hydrogens (primary N) is 4. The Labute approximate surface area is 646 Å². The van der Waals surface area contributed by atoms with Gasteiger partial charge < -0.3 is 89.1 Å². The first-order chi connectivity index (χ1) is 51.9. The second-order valence-electron chi connectivity index (χ2n) is 26.0. The Bertz CT molecular complexity index is 3690. The van der Waals surface area contributed by atoms with Crippen molar-refractivity contribution in [1.82, 2.24) is 61.4 Å². The number of hydrogen-bond acceptors (Lipinski definition) is 22. The molecular formula is C72H101IN18O16S. The molecule has 2 saturated heterocycles. The maximum Gasteiger partial charge on any atom is 0.326 e. The lowest BCUT2D eigenvalue weighted by Gasteiger charge is -2.38. The Hall–Kier alpha value is -9.33. The molecule has 1 aromatic heterocycles. The van der Waals surface area contributed by atoms with Gasteiger partial charge in [0.1, 0.15) is 23.9 Å². The van der Waals surface area contributed by atoms with Crippen molar-refractivity contribution in [1.29, 1.82) is 5.26 Å². The van der Waals surface area contributed by atoms with Gasteiger partial charge in [0, 0.05) is 111 Å². The topological polar surface area (TPSA) is 486 Å². The highest BCUT2D eigenvalue weighted by molar-refractivity contribution is 14.1. The number of aliphatic carboxylic acids is 1. The molecule has 3 heterocycles. The number of aromatic nitrogens is 1. The lowest BCUT2D eigenvalue weighted by Crippen LogP contribution is -2.54. The Morgan fingerprint density at radius 2 is 1.22 bits per heavy atom. The van der Waals surface area contributed by atoms with Gasteiger partial charge in [0.2, 0.25) is 47.3 Å². The van der Waals surface area contributed by atoms with Gasteiger partial charge in [0.15, 0.2) is 11.7 Å². The summed E-state index contributed by atoms with van der Waals surface area (Å²) in [6.07, 6.45) is 5.19. The summed E-state index contributed by atoms with van der Waals surface area (Å²) in [7, 11) is 0. The number of thiocarbonyl (C=S) groups is 1. The Balaban J connectivity index is 0.917. The van der Waals surface area contributed by atoms with Gasteiger partial charge in [-0.3, -0.25) is 72.5 Å². The first-order valence-electron chi connectivity index (χ1n) is 35.9. The maximum absolute atomic E-state index is 13.9. The number of nitrogens with zero attached hydrogens (tertiary/aromatic N) is 7. The predicted octanol–water partition coefficient (Wildman–Crippen LogP) is -1.17. The molecule has 4 atom stereocenters. The SMILES string of the molecule is N#C[C@H]1CCCN1C(=O)CNC(=O)c1ccnc2cc(OCC(=O)NCCOCCOCCOCCC(=O)N[C@@H](CCCCNC(=S)Nc3ccc(CC4CN(CC(N)=O)CCN(CC(N)=O)CCN(CC(N)=O)CCN4CC(N)=O)cc3)C(=O)N[C@@H](CCCCNC(=O)Cc3ccc(I)cc3)C(=O)O)ccc12. The number of benzene rings is 3. The number of carboxylic acids is 1. The molecule has 6 rings (SSSR count). The van der Waals surface area contributed by atoms with E-state index in [1.807, 2.05) is 68.1 Å². The Morgan fingerprint density at radius 3 is 1.87 bits per heavy atom. The minimum Gasteiger partial charge on any atom is -0.484 e. The van der Waals surface area contributed by atoms with Crippen LogP contribution in [0, 0.1) is 14.9 Å². The normalized spacial score (nSPS) is 15.9. The average Bonchev–Trinajstić information content (AvgIpc) is 0.945. The molecule has 36 heteroatoms. The summed E-state index contributed by atoms with van der Waals surface area (Å²) >= 11 is 7.82. The summed E-state index contributed by atoms with van der Waals surface area (Å²) in [5.74, 6) is -5.70. The number of halogens is 1. The second-order valence-corrected chi connectivity index (χ2v) is 27.7. The molecule has 3 aromatic carbocycles. The fourth-order valence-electron chi connectivity index (χ4n) is 12.1. The van der Waals surface area contributed by atoms with Crippen LogP contribution in [0.15, 0.2) is 79.0 Å². The van der Waals surface area contributed by atoms with Crippen LogP contribution in [-0.4, -0.2) is 280 Å². The minimum atomic E-state index is -1.28. The van der Waals surface area contributed by atoms with Crippen molar-refractivity contribution in [3.05, 3.63) is 99.3 Å². The molecule has 34 nitrogen and oxygen atoms in total. The van der Waals surface area contributed by atoms with Crippen LogP contribution in [0.5, 0.6) is 5.75 Å². The van der Waals surface area contributed by atoms with Crippen LogP contribution >= 0.6 is 34.8 Å². The third kappa shape index (κ3) is 33.9. The molecule has 2 fully saturated rings. The van der Waals surface area contributed by atoms with Crippen LogP contribution in [0.25, 0.3) is 10.9 Å². The van der Waals surface area contributed by atoms with Crippen molar-refractivity contribution >= 4 is 122 Å². The van der Waals surface area contributed by atoms with Gasteiger partial charge in [-0.15, -0.1) is 0 Å². The lowest BCUT2D eigenvalue weighted by molar-refractivity contribution is -0.142. The second kappa shape index (κ2) is 48.2. The number of nitriles is 1. The zero-order chi connectivity index (χ0) is 78.2. The monoisotopic (exact) mass is 1630 g/mol. The van der Waals surface area contributed by atoms with Crippen LogP contribution < -0.4 is 64.9 Å². The van der Waals surface area contributed by atoms with Gasteiger partial charge in [0.05, 0.1) is 95.9 Å². The number of carboxylic acid groups (broad SMARTS) is 1. The molecule has 588 valence electrons. The number of carbonyl (C=O) groups is 11. The van der Waals surface area contributed by atoms with Crippen molar-refractivity contribution in [2.24, 2.45) is 22.9 Å². The molecule has 0 spiro atoms. The van der Waals surface area contributed by atoms with E-state index in [4.69, 9.17) is 54.1 Å². The summed E-state index contributed by atoms with van der Waals surface area (Å²) in [6.45, 7) is 3.74. The number of anilines is 1. The van der Waals surface area contributed by atoms with E-state index in [1.165, 1.54) is 17.2 Å². The van der Waals surface area contributed by atoms with Crippen molar-refractivity contribution < 1.29 is 76.8 Å². The third-order valence-corrected chi connectivity index (χ3v) is 18.5. The van der Waals surface area contributed by atoms with Crippen LogP contribution in [0.2, 0.25) is 0 Å². The highest BCUT2D eigenvalue weighted by atomic mass is 127. The number of likely N-dealkylation sites (tertiary alicyclic amines) is 1. The van der Waals surface area contributed by atoms with E-state index in [-0.39, 0.29) is 136 Å². The van der Waals surface area contributed by atoms with E-state index < -0.39 is 71.4 Å². The molecule has 108 heavy (non-hydrogen) atoms. The van der Waals surface area contributed by atoms with E-state index in [2.05, 4.69) is 70.9 Å². The van der Waals surface area contributed by atoms with Crippen molar-refractivity contribution in [3.8, 4) is 11.8 Å². The minimum absolute atomic E-state index is 0.0134. The smallest absolute Gasteiger partial charge is 0.326 e. The lowest BCUT2D eigenvalue weighted by atomic mass is 10.0.